The number of rotatable bonds is 7. The van der Waals surface area contributed by atoms with Gasteiger partial charge < -0.3 is 10.1 Å². The van der Waals surface area contributed by atoms with Crippen LogP contribution in [0.5, 0.6) is 0 Å². The fourth-order valence-corrected chi connectivity index (χ4v) is 3.72. The zero-order chi connectivity index (χ0) is 20.8. The van der Waals surface area contributed by atoms with E-state index in [1.54, 1.807) is 17.7 Å². The monoisotopic (exact) mass is 415 g/mol. The summed E-state index contributed by atoms with van der Waals surface area (Å²) in [5.41, 5.74) is 2.44. The Kier molecular flexibility index (Phi) is 7.09. The first-order valence-electron chi connectivity index (χ1n) is 9.90. The van der Waals surface area contributed by atoms with Crippen molar-refractivity contribution in [3.05, 3.63) is 58.4 Å². The summed E-state index contributed by atoms with van der Waals surface area (Å²) in [4.78, 5) is 24.3. The molecule has 2 aromatic rings. The Hall–Kier alpha value is -2.60. The van der Waals surface area contributed by atoms with Crippen molar-refractivity contribution in [2.75, 3.05) is 0 Å². The average molecular weight is 416 g/mol. The summed E-state index contributed by atoms with van der Waals surface area (Å²) in [7, 11) is 0. The Labute approximate surface area is 175 Å². The van der Waals surface area contributed by atoms with E-state index >= 15 is 0 Å². The van der Waals surface area contributed by atoms with Gasteiger partial charge in [0.15, 0.2) is 6.10 Å². The predicted octanol–water partition coefficient (Wildman–Crippen LogP) is 3.90. The summed E-state index contributed by atoms with van der Waals surface area (Å²) in [6.07, 6.45) is 6.23. The molecule has 1 atom stereocenters. The molecule has 0 saturated heterocycles. The molecule has 6 nitrogen and oxygen atoms in total. The highest BCUT2D eigenvalue weighted by Gasteiger charge is 2.22. The first kappa shape index (κ1) is 21.1. The second kappa shape index (κ2) is 9.74. The van der Waals surface area contributed by atoms with E-state index in [9.17, 15) is 9.59 Å². The molecule has 29 heavy (non-hydrogen) atoms. The largest absolute Gasteiger partial charge is 0.449 e. The molecule has 7 heteroatoms. The van der Waals surface area contributed by atoms with Crippen LogP contribution in [0.1, 0.15) is 49.4 Å². The number of benzene rings is 1. The summed E-state index contributed by atoms with van der Waals surface area (Å²) in [5.74, 6) is -0.853. The molecule has 1 heterocycles. The number of hydrogen-bond acceptors (Lipinski definition) is 4. The summed E-state index contributed by atoms with van der Waals surface area (Å²) < 4.78 is 6.91. The number of carbonyl (C=O) groups is 2. The molecular formula is C22H26ClN3O3. The minimum Gasteiger partial charge on any atom is -0.449 e. The van der Waals surface area contributed by atoms with Gasteiger partial charge >= 0.3 is 5.97 Å². The van der Waals surface area contributed by atoms with E-state index in [0.717, 1.165) is 31.2 Å². The van der Waals surface area contributed by atoms with Crippen LogP contribution in [-0.2, 0) is 20.9 Å². The second-order valence-corrected chi connectivity index (χ2v) is 7.69. The lowest BCUT2D eigenvalue weighted by molar-refractivity contribution is -0.150. The normalized spacial score (nSPS) is 15.6. The van der Waals surface area contributed by atoms with Gasteiger partial charge in [-0.15, -0.1) is 0 Å². The Morgan fingerprint density at radius 3 is 2.69 bits per heavy atom. The molecule has 0 radical (unpaired) electrons. The lowest BCUT2D eigenvalue weighted by Gasteiger charge is -2.16. The lowest BCUT2D eigenvalue weighted by Crippen LogP contribution is -2.40. The van der Waals surface area contributed by atoms with Crippen LogP contribution < -0.4 is 5.32 Å². The van der Waals surface area contributed by atoms with Gasteiger partial charge in [-0.1, -0.05) is 54.8 Å². The zero-order valence-corrected chi connectivity index (χ0v) is 17.5. The summed E-state index contributed by atoms with van der Waals surface area (Å²) in [6.45, 7) is 3.94. The van der Waals surface area contributed by atoms with Gasteiger partial charge in [-0.3, -0.25) is 4.79 Å². The first-order chi connectivity index (χ1) is 13.9. The standard InChI is InChI=1S/C22H26ClN3O3/c1-15-19(21(23)26(25-15)14-17-8-4-3-5-9-17)12-13-20(27)29-16(2)22(28)24-18-10-6-7-11-18/h3-5,8-9,12-13,16,18H,6-7,10-11,14H2,1-2H3,(H,24,28)/b13-12+/t16-/m1/s1. The Balaban J connectivity index is 1.58. The van der Waals surface area contributed by atoms with Gasteiger partial charge in [0.25, 0.3) is 5.91 Å². The topological polar surface area (TPSA) is 73.2 Å². The maximum Gasteiger partial charge on any atom is 0.331 e. The number of carbonyl (C=O) groups excluding carboxylic acids is 2. The van der Waals surface area contributed by atoms with E-state index in [2.05, 4.69) is 10.4 Å². The second-order valence-electron chi connectivity index (χ2n) is 7.34. The first-order valence-corrected chi connectivity index (χ1v) is 10.3. The third kappa shape index (κ3) is 5.70. The Morgan fingerprint density at radius 2 is 2.00 bits per heavy atom. The van der Waals surface area contributed by atoms with Crippen molar-refractivity contribution in [1.29, 1.82) is 0 Å². The van der Waals surface area contributed by atoms with E-state index in [0.29, 0.717) is 23.0 Å². The molecule has 1 aromatic heterocycles. The van der Waals surface area contributed by atoms with Gasteiger partial charge in [-0.25, -0.2) is 9.48 Å². The highest BCUT2D eigenvalue weighted by atomic mass is 35.5. The number of hydrogen-bond donors (Lipinski definition) is 1. The van der Waals surface area contributed by atoms with Crippen LogP contribution in [0.3, 0.4) is 0 Å². The van der Waals surface area contributed by atoms with Crippen molar-refractivity contribution in [2.45, 2.75) is 58.2 Å². The van der Waals surface area contributed by atoms with Crippen molar-refractivity contribution < 1.29 is 14.3 Å². The molecular weight excluding hydrogens is 390 g/mol. The fraction of sp³-hybridized carbons (Fsp3) is 0.409. The Morgan fingerprint density at radius 1 is 1.31 bits per heavy atom. The maximum atomic E-state index is 12.1. The molecule has 1 N–H and O–H groups in total. The minimum atomic E-state index is -0.842. The molecule has 0 aliphatic heterocycles. The lowest BCUT2D eigenvalue weighted by atomic mass is 10.2. The maximum absolute atomic E-state index is 12.1. The van der Waals surface area contributed by atoms with Crippen LogP contribution in [0.25, 0.3) is 6.08 Å². The number of aromatic nitrogens is 2. The van der Waals surface area contributed by atoms with Crippen LogP contribution in [0.2, 0.25) is 5.15 Å². The molecule has 1 saturated carbocycles. The summed E-state index contributed by atoms with van der Waals surface area (Å²) in [6, 6.07) is 10.1. The molecule has 1 amide bonds. The van der Waals surface area contributed by atoms with Crippen molar-refractivity contribution in [2.24, 2.45) is 0 Å². The van der Waals surface area contributed by atoms with E-state index in [1.165, 1.54) is 6.08 Å². The van der Waals surface area contributed by atoms with E-state index in [1.807, 2.05) is 37.3 Å². The molecule has 0 unspecified atom stereocenters. The van der Waals surface area contributed by atoms with Crippen LogP contribution in [0, 0.1) is 6.92 Å². The minimum absolute atomic E-state index is 0.191. The molecule has 3 rings (SSSR count). The molecule has 1 aliphatic carbocycles. The Bertz CT molecular complexity index is 886. The van der Waals surface area contributed by atoms with E-state index in [4.69, 9.17) is 16.3 Å². The number of amides is 1. The van der Waals surface area contributed by atoms with Gasteiger partial charge in [0.2, 0.25) is 0 Å². The smallest absolute Gasteiger partial charge is 0.331 e. The molecule has 1 fully saturated rings. The summed E-state index contributed by atoms with van der Waals surface area (Å²) >= 11 is 6.45. The molecule has 154 valence electrons. The number of nitrogens with one attached hydrogen (secondary N) is 1. The van der Waals surface area contributed by atoms with Gasteiger partial charge in [-0.2, -0.15) is 5.10 Å². The van der Waals surface area contributed by atoms with Crippen molar-refractivity contribution in [1.82, 2.24) is 15.1 Å². The van der Waals surface area contributed by atoms with Crippen molar-refractivity contribution >= 4 is 29.6 Å². The SMILES string of the molecule is Cc1nn(Cc2ccccc2)c(Cl)c1/C=C/C(=O)O[C@H](C)C(=O)NC1CCCC1. The van der Waals surface area contributed by atoms with Crippen molar-refractivity contribution in [3.8, 4) is 0 Å². The van der Waals surface area contributed by atoms with Crippen LogP contribution in [-0.4, -0.2) is 33.8 Å². The number of aryl methyl sites for hydroxylation is 1. The molecule has 0 spiro atoms. The number of ether oxygens (including phenoxy) is 1. The molecule has 0 bridgehead atoms. The van der Waals surface area contributed by atoms with Gasteiger partial charge in [-0.05, 0) is 38.3 Å². The van der Waals surface area contributed by atoms with E-state index in [-0.39, 0.29) is 11.9 Å². The fourth-order valence-electron chi connectivity index (χ4n) is 3.42. The van der Waals surface area contributed by atoms with Gasteiger partial charge in [0.05, 0.1) is 12.2 Å². The third-order valence-corrected chi connectivity index (χ3v) is 5.43. The van der Waals surface area contributed by atoms with Crippen LogP contribution >= 0.6 is 11.6 Å². The predicted molar refractivity (Wildman–Crippen MR) is 113 cm³/mol. The number of nitrogens with zero attached hydrogens (tertiary/aromatic N) is 2. The summed E-state index contributed by atoms with van der Waals surface area (Å²) in [5, 5.41) is 7.82. The molecule has 1 aliphatic rings. The van der Waals surface area contributed by atoms with Gasteiger partial charge in [0.1, 0.15) is 5.15 Å². The number of halogens is 1. The van der Waals surface area contributed by atoms with Crippen LogP contribution in [0.15, 0.2) is 36.4 Å². The third-order valence-electron chi connectivity index (χ3n) is 5.03. The quantitative estimate of drug-likeness (QED) is 0.549. The van der Waals surface area contributed by atoms with Gasteiger partial charge in [0, 0.05) is 17.7 Å². The molecule has 1 aromatic carbocycles. The van der Waals surface area contributed by atoms with Crippen molar-refractivity contribution in [3.63, 3.8) is 0 Å². The average Bonchev–Trinajstić information content (AvgIpc) is 3.29. The zero-order valence-electron chi connectivity index (χ0n) is 16.7. The van der Waals surface area contributed by atoms with Crippen LogP contribution in [0.4, 0.5) is 0 Å². The van der Waals surface area contributed by atoms with E-state index < -0.39 is 12.1 Å². The highest BCUT2D eigenvalue weighted by molar-refractivity contribution is 6.31. The highest BCUT2D eigenvalue weighted by Crippen LogP contribution is 2.22. The number of esters is 1.